The van der Waals surface area contributed by atoms with Gasteiger partial charge in [-0.25, -0.2) is 0 Å². The Kier molecular flexibility index (Phi) is 3.67. The van der Waals surface area contributed by atoms with Crippen molar-refractivity contribution in [3.8, 4) is 0 Å². The van der Waals surface area contributed by atoms with E-state index in [2.05, 4.69) is 35.1 Å². The number of methoxy groups -OCH3 is 1. The van der Waals surface area contributed by atoms with Gasteiger partial charge in [-0.3, -0.25) is 14.5 Å². The van der Waals surface area contributed by atoms with E-state index in [1.54, 1.807) is 0 Å². The van der Waals surface area contributed by atoms with E-state index >= 15 is 0 Å². The van der Waals surface area contributed by atoms with Gasteiger partial charge in [0, 0.05) is 38.7 Å². The number of nitrogens with zero attached hydrogens (tertiary/aromatic N) is 2. The Balaban J connectivity index is 1.77. The lowest BCUT2D eigenvalue weighted by Gasteiger charge is -2.67. The smallest absolute Gasteiger partial charge is 0.319 e. The van der Waals surface area contributed by atoms with E-state index in [4.69, 9.17) is 14.2 Å². The summed E-state index contributed by atoms with van der Waals surface area (Å²) in [4.78, 5) is 31.1. The number of rotatable bonds is 2. The summed E-state index contributed by atoms with van der Waals surface area (Å²) in [5, 5.41) is 0. The molecule has 8 rings (SSSR count). The van der Waals surface area contributed by atoms with Crippen molar-refractivity contribution in [1.82, 2.24) is 4.90 Å². The van der Waals surface area contributed by atoms with Gasteiger partial charge in [-0.15, -0.1) is 0 Å². The summed E-state index contributed by atoms with van der Waals surface area (Å²) in [5.74, 6) is -0.914. The molecule has 1 aromatic rings. The second-order valence-corrected chi connectivity index (χ2v) is 9.46. The van der Waals surface area contributed by atoms with E-state index < -0.39 is 28.8 Å². The van der Waals surface area contributed by atoms with Gasteiger partial charge in [-0.1, -0.05) is 29.8 Å². The summed E-state index contributed by atoms with van der Waals surface area (Å²) < 4.78 is 17.9. The Hall–Kier alpha value is -2.38. The molecule has 6 fully saturated rings. The molecule has 1 spiro atoms. The van der Waals surface area contributed by atoms with Gasteiger partial charge in [0.15, 0.2) is 0 Å². The van der Waals surface area contributed by atoms with Gasteiger partial charge >= 0.3 is 11.9 Å². The highest BCUT2D eigenvalue weighted by Crippen LogP contribution is 2.78. The fourth-order valence-electron chi connectivity index (χ4n) is 8.25. The lowest BCUT2D eigenvalue weighted by molar-refractivity contribution is -0.334. The normalized spacial score (nSPS) is 44.8. The highest BCUT2D eigenvalue weighted by atomic mass is 16.7. The number of carbonyl (C=O) groups excluding carboxylic acids is 2. The van der Waals surface area contributed by atoms with E-state index in [9.17, 15) is 9.59 Å². The van der Waals surface area contributed by atoms with Crippen molar-refractivity contribution in [1.29, 1.82) is 0 Å². The Morgan fingerprint density at radius 3 is 2.77 bits per heavy atom. The first-order chi connectivity index (χ1) is 14.9. The van der Waals surface area contributed by atoms with Crippen LogP contribution in [0.2, 0.25) is 0 Å². The van der Waals surface area contributed by atoms with Crippen molar-refractivity contribution in [3.05, 3.63) is 41.5 Å². The van der Waals surface area contributed by atoms with Crippen LogP contribution in [-0.4, -0.2) is 62.1 Å². The zero-order chi connectivity index (χ0) is 21.8. The van der Waals surface area contributed by atoms with Gasteiger partial charge in [0.25, 0.3) is 0 Å². The first kappa shape index (κ1) is 19.3. The van der Waals surface area contributed by atoms with E-state index in [0.717, 1.165) is 30.8 Å². The number of allylic oxidation sites excluding steroid dienone is 1. The molecule has 0 radical (unpaired) electrons. The average molecular weight is 424 g/mol. The first-order valence-corrected chi connectivity index (χ1v) is 11.1. The van der Waals surface area contributed by atoms with Crippen LogP contribution in [0.1, 0.15) is 32.3 Å². The summed E-state index contributed by atoms with van der Waals surface area (Å²) in [7, 11) is 3.55. The topological polar surface area (TPSA) is 68.3 Å². The Labute approximate surface area is 181 Å². The number of ether oxygens (including phenoxy) is 3. The molecule has 0 aromatic heterocycles. The third-order valence-electron chi connectivity index (χ3n) is 8.91. The molecule has 7 aliphatic rings. The van der Waals surface area contributed by atoms with Crippen LogP contribution in [0.25, 0.3) is 0 Å². The maximum Gasteiger partial charge on any atom is 0.319 e. The van der Waals surface area contributed by atoms with E-state index in [1.807, 2.05) is 19.1 Å². The molecule has 6 aliphatic heterocycles. The maximum atomic E-state index is 14.0. The highest BCUT2D eigenvalue weighted by molar-refractivity contribution is 5.87. The standard InChI is InChI=1S/C24H28N2O5/c1-5-15-13-26-11-10-22-16-8-6-7-9-18(16)25(3)24(22,26)19-12-17(15)23(22,20(28)29-4)21(31-19)30-14(2)27/h5-9,17,19,21H,10-13H2,1-4H3/b15-5-/t17?,19-,21?,22?,23?,24-/m0/s1. The average Bonchev–Trinajstić information content (AvgIpc) is 3.17. The lowest BCUT2D eigenvalue weighted by Crippen LogP contribution is -2.83. The number of para-hydroxylation sites is 1. The van der Waals surface area contributed by atoms with Gasteiger partial charge in [-0.2, -0.15) is 0 Å². The summed E-state index contributed by atoms with van der Waals surface area (Å²) in [6.07, 6.45) is 2.43. The predicted molar refractivity (Wildman–Crippen MR) is 112 cm³/mol. The van der Waals surface area contributed by atoms with E-state index in [0.29, 0.717) is 6.42 Å². The van der Waals surface area contributed by atoms with Gasteiger partial charge in [0.2, 0.25) is 6.29 Å². The molecule has 7 heteroatoms. The monoisotopic (exact) mass is 424 g/mol. The molecular weight excluding hydrogens is 396 g/mol. The summed E-state index contributed by atoms with van der Waals surface area (Å²) in [6, 6.07) is 8.35. The second kappa shape index (κ2) is 5.90. The van der Waals surface area contributed by atoms with Crippen LogP contribution >= 0.6 is 0 Å². The molecular formula is C24H28N2O5. The van der Waals surface area contributed by atoms with E-state index in [-0.39, 0.29) is 18.0 Å². The Bertz CT molecular complexity index is 1040. The maximum absolute atomic E-state index is 14.0. The minimum atomic E-state index is -1.16. The zero-order valence-electron chi connectivity index (χ0n) is 18.4. The number of hydrogen-bond donors (Lipinski definition) is 0. The molecule has 6 bridgehead atoms. The number of fused-ring (bicyclic) bond motifs is 3. The number of hydrogen-bond acceptors (Lipinski definition) is 7. The number of carbonyl (C=O) groups is 2. The molecule has 31 heavy (non-hydrogen) atoms. The third kappa shape index (κ3) is 1.72. The van der Waals surface area contributed by atoms with Gasteiger partial charge in [0.05, 0.1) is 12.5 Å². The molecule has 0 amide bonds. The number of esters is 2. The van der Waals surface area contributed by atoms with Crippen LogP contribution in [0.3, 0.4) is 0 Å². The molecule has 5 saturated heterocycles. The lowest BCUT2D eigenvalue weighted by atomic mass is 9.43. The van der Waals surface area contributed by atoms with Gasteiger partial charge in [0.1, 0.15) is 17.2 Å². The van der Waals surface area contributed by atoms with Crippen LogP contribution in [0.4, 0.5) is 5.69 Å². The number of anilines is 1. The second-order valence-electron chi connectivity index (χ2n) is 9.46. The van der Waals surface area contributed by atoms with Gasteiger partial charge in [-0.05, 0) is 31.4 Å². The fraction of sp³-hybridized carbons (Fsp3) is 0.583. The predicted octanol–water partition coefficient (Wildman–Crippen LogP) is 2.20. The summed E-state index contributed by atoms with van der Waals surface area (Å²) in [6.45, 7) is 5.02. The third-order valence-corrected chi connectivity index (χ3v) is 8.91. The molecule has 7 nitrogen and oxygen atoms in total. The molecule has 164 valence electrons. The fourth-order valence-corrected chi connectivity index (χ4v) is 8.25. The zero-order valence-corrected chi connectivity index (χ0v) is 18.4. The molecule has 1 saturated carbocycles. The minimum Gasteiger partial charge on any atom is -0.468 e. The molecule has 1 aromatic carbocycles. The van der Waals surface area contributed by atoms with Crippen LogP contribution < -0.4 is 4.90 Å². The summed E-state index contributed by atoms with van der Waals surface area (Å²) >= 11 is 0. The highest BCUT2D eigenvalue weighted by Gasteiger charge is 2.90. The Morgan fingerprint density at radius 2 is 2.06 bits per heavy atom. The van der Waals surface area contributed by atoms with Crippen molar-refractivity contribution in [2.24, 2.45) is 11.3 Å². The van der Waals surface area contributed by atoms with E-state index in [1.165, 1.54) is 19.6 Å². The summed E-state index contributed by atoms with van der Waals surface area (Å²) in [5.41, 5.74) is 1.17. The Morgan fingerprint density at radius 1 is 1.29 bits per heavy atom. The van der Waals surface area contributed by atoms with Crippen LogP contribution in [-0.2, 0) is 29.2 Å². The quantitative estimate of drug-likeness (QED) is 0.533. The number of benzene rings is 1. The van der Waals surface area contributed by atoms with Gasteiger partial charge < -0.3 is 19.1 Å². The number of likely N-dealkylation sites (N-methyl/N-ethyl adjacent to an activating group) is 1. The SMILES string of the molecule is C/C=C1/CN2CCC34c5ccccc5N(C)[C@@]23[C@@H]2CC1C4(C(=O)OC)C(OC(C)=O)O2. The van der Waals surface area contributed by atoms with Crippen LogP contribution in [0.5, 0.6) is 0 Å². The largest absolute Gasteiger partial charge is 0.468 e. The first-order valence-electron chi connectivity index (χ1n) is 11.1. The van der Waals surface area contributed by atoms with Crippen molar-refractivity contribution < 1.29 is 23.8 Å². The molecule has 0 N–H and O–H groups in total. The van der Waals surface area contributed by atoms with Crippen molar-refractivity contribution in [2.45, 2.75) is 50.2 Å². The van der Waals surface area contributed by atoms with Crippen LogP contribution in [0, 0.1) is 11.3 Å². The van der Waals surface area contributed by atoms with Crippen molar-refractivity contribution >= 4 is 17.6 Å². The van der Waals surface area contributed by atoms with Crippen molar-refractivity contribution in [3.63, 3.8) is 0 Å². The van der Waals surface area contributed by atoms with Crippen LogP contribution in [0.15, 0.2) is 35.9 Å². The van der Waals surface area contributed by atoms with Crippen molar-refractivity contribution in [2.75, 3.05) is 32.1 Å². The molecule has 7 atom stereocenters. The molecule has 1 aliphatic carbocycles. The molecule has 5 unspecified atom stereocenters. The molecule has 6 heterocycles. The minimum absolute atomic E-state index is 0.119.